The van der Waals surface area contributed by atoms with Crippen molar-refractivity contribution >= 4 is 5.69 Å². The van der Waals surface area contributed by atoms with Gasteiger partial charge in [-0.1, -0.05) is 26.7 Å². The highest BCUT2D eigenvalue weighted by atomic mass is 19.1. The van der Waals surface area contributed by atoms with Crippen molar-refractivity contribution in [3.05, 3.63) is 29.6 Å². The van der Waals surface area contributed by atoms with Crippen LogP contribution >= 0.6 is 0 Å². The lowest BCUT2D eigenvalue weighted by Gasteiger charge is -2.27. The van der Waals surface area contributed by atoms with E-state index in [9.17, 15) is 4.39 Å². The zero-order chi connectivity index (χ0) is 14.1. The topological polar surface area (TPSA) is 15.3 Å². The third-order valence-electron chi connectivity index (χ3n) is 3.31. The average Bonchev–Trinajstić information content (AvgIpc) is 2.40. The number of anilines is 1. The van der Waals surface area contributed by atoms with Crippen LogP contribution in [-0.4, -0.2) is 20.1 Å². The van der Waals surface area contributed by atoms with Gasteiger partial charge in [0.1, 0.15) is 5.82 Å². The van der Waals surface area contributed by atoms with Crippen molar-refractivity contribution in [3.8, 4) is 0 Å². The van der Waals surface area contributed by atoms with Crippen molar-refractivity contribution in [2.75, 3.05) is 25.0 Å². The highest BCUT2D eigenvalue weighted by Gasteiger charge is 2.11. The molecule has 1 aromatic rings. The van der Waals surface area contributed by atoms with Gasteiger partial charge in [0.15, 0.2) is 0 Å². The first kappa shape index (κ1) is 16.0. The fourth-order valence-electron chi connectivity index (χ4n) is 2.25. The molecule has 0 fully saturated rings. The predicted octanol–water partition coefficient (Wildman–Crippen LogP) is 3.95. The Morgan fingerprint density at radius 3 is 2.26 bits per heavy atom. The van der Waals surface area contributed by atoms with Crippen molar-refractivity contribution in [1.82, 2.24) is 5.32 Å². The average molecular weight is 266 g/mol. The van der Waals surface area contributed by atoms with E-state index in [0.717, 1.165) is 18.7 Å². The summed E-state index contributed by atoms with van der Waals surface area (Å²) in [7, 11) is 1.90. The molecule has 2 nitrogen and oxygen atoms in total. The van der Waals surface area contributed by atoms with E-state index in [2.05, 4.69) is 24.1 Å². The number of benzene rings is 1. The Morgan fingerprint density at radius 1 is 1.11 bits per heavy atom. The van der Waals surface area contributed by atoms with Crippen LogP contribution < -0.4 is 10.2 Å². The quantitative estimate of drug-likeness (QED) is 0.728. The number of nitrogens with one attached hydrogen (secondary N) is 1. The summed E-state index contributed by atoms with van der Waals surface area (Å²) in [4.78, 5) is 2.40. The largest absolute Gasteiger partial charge is 0.371 e. The fourth-order valence-corrected chi connectivity index (χ4v) is 2.25. The zero-order valence-electron chi connectivity index (χ0n) is 12.5. The minimum atomic E-state index is -0.153. The summed E-state index contributed by atoms with van der Waals surface area (Å²) in [5.74, 6) is -0.153. The number of unbranched alkanes of at least 4 members (excludes halogenated alkanes) is 2. The summed E-state index contributed by atoms with van der Waals surface area (Å²) in [6.45, 7) is 7.23. The normalized spacial score (nSPS) is 10.7. The Kier molecular flexibility index (Phi) is 7.49. The van der Waals surface area contributed by atoms with E-state index in [4.69, 9.17) is 0 Å². The first-order chi connectivity index (χ1) is 9.22. The van der Waals surface area contributed by atoms with E-state index in [-0.39, 0.29) is 5.82 Å². The summed E-state index contributed by atoms with van der Waals surface area (Å²) in [5, 5.41) is 3.13. The predicted molar refractivity (Wildman–Crippen MR) is 81.2 cm³/mol. The molecule has 19 heavy (non-hydrogen) atoms. The van der Waals surface area contributed by atoms with Gasteiger partial charge >= 0.3 is 0 Å². The van der Waals surface area contributed by atoms with E-state index in [1.165, 1.54) is 31.4 Å². The van der Waals surface area contributed by atoms with Crippen LogP contribution in [0.3, 0.4) is 0 Å². The van der Waals surface area contributed by atoms with Gasteiger partial charge in [0.25, 0.3) is 0 Å². The molecule has 0 aromatic heterocycles. The summed E-state index contributed by atoms with van der Waals surface area (Å²) in [6.07, 6.45) is 4.73. The summed E-state index contributed by atoms with van der Waals surface area (Å²) >= 11 is 0. The minimum absolute atomic E-state index is 0.153. The Morgan fingerprint density at radius 2 is 1.74 bits per heavy atom. The van der Waals surface area contributed by atoms with Crippen molar-refractivity contribution in [2.24, 2.45) is 0 Å². The first-order valence-electron chi connectivity index (χ1n) is 7.40. The van der Waals surface area contributed by atoms with Crippen LogP contribution in [0.5, 0.6) is 0 Å². The van der Waals surface area contributed by atoms with Crippen molar-refractivity contribution in [1.29, 1.82) is 0 Å². The third kappa shape index (κ3) is 5.19. The molecule has 0 bridgehead atoms. The molecule has 0 aliphatic rings. The maximum atomic E-state index is 13.4. The molecule has 1 aromatic carbocycles. The molecule has 0 heterocycles. The molecule has 0 unspecified atom stereocenters. The first-order valence-corrected chi connectivity index (χ1v) is 7.40. The Hall–Kier alpha value is -1.09. The Labute approximate surface area is 117 Å². The van der Waals surface area contributed by atoms with E-state index >= 15 is 0 Å². The monoisotopic (exact) mass is 266 g/mol. The van der Waals surface area contributed by atoms with Gasteiger partial charge in [0, 0.05) is 25.3 Å². The SMILES string of the molecule is CCCCN(CCCC)c1ccc(F)cc1CNC. The standard InChI is InChI=1S/C16H27FN2/c1-4-6-10-19(11-7-5-2)16-9-8-15(17)12-14(16)13-18-3/h8-9,12,18H,4-7,10-11,13H2,1-3H3. The molecule has 3 heteroatoms. The minimum Gasteiger partial charge on any atom is -0.371 e. The summed E-state index contributed by atoms with van der Waals surface area (Å²) in [6, 6.07) is 5.14. The van der Waals surface area contributed by atoms with Gasteiger partial charge in [-0.05, 0) is 43.7 Å². The van der Waals surface area contributed by atoms with E-state index in [1.807, 2.05) is 13.1 Å². The molecular weight excluding hydrogens is 239 g/mol. The highest BCUT2D eigenvalue weighted by Crippen LogP contribution is 2.23. The molecule has 0 saturated heterocycles. The lowest BCUT2D eigenvalue weighted by molar-refractivity contribution is 0.621. The van der Waals surface area contributed by atoms with Crippen LogP contribution in [0.2, 0.25) is 0 Å². The molecule has 0 aliphatic heterocycles. The van der Waals surface area contributed by atoms with E-state index in [1.54, 1.807) is 12.1 Å². The molecule has 0 atom stereocenters. The van der Waals surface area contributed by atoms with Gasteiger partial charge in [0.05, 0.1) is 0 Å². The van der Waals surface area contributed by atoms with Gasteiger partial charge in [0.2, 0.25) is 0 Å². The van der Waals surface area contributed by atoms with E-state index < -0.39 is 0 Å². The second kappa shape index (κ2) is 8.92. The maximum absolute atomic E-state index is 13.4. The molecule has 0 radical (unpaired) electrons. The Bertz CT molecular complexity index is 358. The number of rotatable bonds is 9. The van der Waals surface area contributed by atoms with Gasteiger partial charge < -0.3 is 10.2 Å². The number of halogens is 1. The van der Waals surface area contributed by atoms with Crippen LogP contribution in [-0.2, 0) is 6.54 Å². The molecule has 0 amide bonds. The van der Waals surface area contributed by atoms with E-state index in [0.29, 0.717) is 6.54 Å². The van der Waals surface area contributed by atoms with Gasteiger partial charge in [-0.25, -0.2) is 4.39 Å². The second-order valence-corrected chi connectivity index (χ2v) is 5.00. The fraction of sp³-hybridized carbons (Fsp3) is 0.625. The number of hydrogen-bond donors (Lipinski definition) is 1. The molecule has 0 saturated carbocycles. The van der Waals surface area contributed by atoms with Gasteiger partial charge in [-0.15, -0.1) is 0 Å². The van der Waals surface area contributed by atoms with Crippen molar-refractivity contribution < 1.29 is 4.39 Å². The number of nitrogens with zero attached hydrogens (tertiary/aromatic N) is 1. The number of hydrogen-bond acceptors (Lipinski definition) is 2. The maximum Gasteiger partial charge on any atom is 0.123 e. The van der Waals surface area contributed by atoms with Crippen molar-refractivity contribution in [2.45, 2.75) is 46.1 Å². The molecule has 0 spiro atoms. The molecule has 1 rings (SSSR count). The lowest BCUT2D eigenvalue weighted by Crippen LogP contribution is -2.27. The van der Waals surface area contributed by atoms with Crippen LogP contribution in [0.15, 0.2) is 18.2 Å². The molecule has 108 valence electrons. The summed E-state index contributed by atoms with van der Waals surface area (Å²) < 4.78 is 13.4. The zero-order valence-corrected chi connectivity index (χ0v) is 12.5. The van der Waals surface area contributed by atoms with Crippen LogP contribution in [0.25, 0.3) is 0 Å². The lowest BCUT2D eigenvalue weighted by atomic mass is 10.1. The highest BCUT2D eigenvalue weighted by molar-refractivity contribution is 5.53. The van der Waals surface area contributed by atoms with Crippen LogP contribution in [0.1, 0.15) is 45.1 Å². The smallest absolute Gasteiger partial charge is 0.123 e. The second-order valence-electron chi connectivity index (χ2n) is 5.00. The van der Waals surface area contributed by atoms with Crippen molar-refractivity contribution in [3.63, 3.8) is 0 Å². The Balaban J connectivity index is 2.91. The van der Waals surface area contributed by atoms with Gasteiger partial charge in [-0.3, -0.25) is 0 Å². The molecule has 1 N–H and O–H groups in total. The van der Waals surface area contributed by atoms with Crippen LogP contribution in [0.4, 0.5) is 10.1 Å². The molecular formula is C16H27FN2. The summed E-state index contributed by atoms with van der Waals surface area (Å²) in [5.41, 5.74) is 2.23. The molecule has 0 aliphatic carbocycles. The van der Waals surface area contributed by atoms with Crippen LogP contribution in [0, 0.1) is 5.82 Å². The third-order valence-corrected chi connectivity index (χ3v) is 3.31. The van der Waals surface area contributed by atoms with Gasteiger partial charge in [-0.2, -0.15) is 0 Å².